The first-order chi connectivity index (χ1) is 9.94. The van der Waals surface area contributed by atoms with Gasteiger partial charge in [0.2, 0.25) is 0 Å². The van der Waals surface area contributed by atoms with Crippen molar-refractivity contribution in [2.24, 2.45) is 0 Å². The SMILES string of the molecule is CNCc1ccc(S(=O)(=O)NC(C)c2ccccc2Cl)s1. The number of hydrogen-bond donors (Lipinski definition) is 2. The molecule has 0 fully saturated rings. The van der Waals surface area contributed by atoms with Crippen molar-refractivity contribution in [1.82, 2.24) is 10.0 Å². The smallest absolute Gasteiger partial charge is 0.250 e. The highest BCUT2D eigenvalue weighted by Crippen LogP contribution is 2.26. The summed E-state index contributed by atoms with van der Waals surface area (Å²) in [7, 11) is -1.71. The molecule has 2 rings (SSSR count). The van der Waals surface area contributed by atoms with E-state index in [0.29, 0.717) is 15.8 Å². The van der Waals surface area contributed by atoms with Gasteiger partial charge in [0.1, 0.15) is 4.21 Å². The van der Waals surface area contributed by atoms with E-state index >= 15 is 0 Å². The van der Waals surface area contributed by atoms with E-state index in [4.69, 9.17) is 11.6 Å². The molecule has 4 nitrogen and oxygen atoms in total. The summed E-state index contributed by atoms with van der Waals surface area (Å²) in [5.41, 5.74) is 0.759. The summed E-state index contributed by atoms with van der Waals surface area (Å²) < 4.78 is 27.7. The van der Waals surface area contributed by atoms with Crippen LogP contribution in [0.25, 0.3) is 0 Å². The molecule has 1 heterocycles. The van der Waals surface area contributed by atoms with Crippen LogP contribution in [0.3, 0.4) is 0 Å². The highest BCUT2D eigenvalue weighted by atomic mass is 35.5. The van der Waals surface area contributed by atoms with Gasteiger partial charge < -0.3 is 5.32 Å². The minimum Gasteiger partial charge on any atom is -0.315 e. The van der Waals surface area contributed by atoms with Crippen molar-refractivity contribution in [3.8, 4) is 0 Å². The van der Waals surface area contributed by atoms with E-state index < -0.39 is 16.1 Å². The van der Waals surface area contributed by atoms with Gasteiger partial charge in [-0.05, 0) is 37.7 Å². The molecule has 0 spiro atoms. The number of rotatable bonds is 6. The summed E-state index contributed by atoms with van der Waals surface area (Å²) in [6.45, 7) is 2.43. The minimum atomic E-state index is -3.54. The lowest BCUT2D eigenvalue weighted by Crippen LogP contribution is -2.26. The minimum absolute atomic E-state index is 0.312. The van der Waals surface area contributed by atoms with Crippen molar-refractivity contribution in [3.63, 3.8) is 0 Å². The highest BCUT2D eigenvalue weighted by Gasteiger charge is 2.21. The van der Waals surface area contributed by atoms with E-state index in [2.05, 4.69) is 10.0 Å². The Morgan fingerprint density at radius 2 is 1.95 bits per heavy atom. The van der Waals surface area contributed by atoms with E-state index in [9.17, 15) is 8.42 Å². The molecule has 0 saturated carbocycles. The summed E-state index contributed by atoms with van der Waals surface area (Å²) in [4.78, 5) is 0.975. The maximum absolute atomic E-state index is 12.4. The fourth-order valence-corrected chi connectivity index (χ4v) is 4.86. The van der Waals surface area contributed by atoms with E-state index in [1.807, 2.05) is 31.3 Å². The monoisotopic (exact) mass is 344 g/mol. The zero-order valence-electron chi connectivity index (χ0n) is 11.8. The van der Waals surface area contributed by atoms with Crippen LogP contribution in [-0.4, -0.2) is 15.5 Å². The lowest BCUT2D eigenvalue weighted by molar-refractivity contribution is 0.569. The Morgan fingerprint density at radius 1 is 1.24 bits per heavy atom. The highest BCUT2D eigenvalue weighted by molar-refractivity contribution is 7.91. The van der Waals surface area contributed by atoms with Crippen LogP contribution in [0.4, 0.5) is 0 Å². The molecule has 114 valence electrons. The van der Waals surface area contributed by atoms with Gasteiger partial charge in [0, 0.05) is 22.5 Å². The van der Waals surface area contributed by atoms with Crippen molar-refractivity contribution >= 4 is 33.0 Å². The molecule has 0 saturated heterocycles. The van der Waals surface area contributed by atoms with Crippen LogP contribution in [0, 0.1) is 0 Å². The van der Waals surface area contributed by atoms with Crippen molar-refractivity contribution in [1.29, 1.82) is 0 Å². The molecule has 1 unspecified atom stereocenters. The van der Waals surface area contributed by atoms with Crippen LogP contribution in [0.2, 0.25) is 5.02 Å². The Balaban J connectivity index is 2.18. The zero-order valence-corrected chi connectivity index (χ0v) is 14.1. The molecule has 2 aromatic rings. The van der Waals surface area contributed by atoms with Gasteiger partial charge in [-0.15, -0.1) is 11.3 Å². The zero-order chi connectivity index (χ0) is 15.5. The largest absolute Gasteiger partial charge is 0.315 e. The molecule has 2 N–H and O–H groups in total. The maximum Gasteiger partial charge on any atom is 0.250 e. The molecule has 1 atom stereocenters. The Kier molecular flexibility index (Phi) is 5.40. The van der Waals surface area contributed by atoms with Gasteiger partial charge in [-0.25, -0.2) is 13.1 Å². The molecular formula is C14H17ClN2O2S2. The third-order valence-corrected chi connectivity index (χ3v) is 6.42. The molecular weight excluding hydrogens is 328 g/mol. The van der Waals surface area contributed by atoms with E-state index in [1.165, 1.54) is 11.3 Å². The summed E-state index contributed by atoms with van der Waals surface area (Å²) in [5.74, 6) is 0. The first-order valence-corrected chi connectivity index (χ1v) is 9.12. The fourth-order valence-electron chi connectivity index (χ4n) is 1.95. The first kappa shape index (κ1) is 16.5. The number of hydrogen-bond acceptors (Lipinski definition) is 4. The third-order valence-electron chi connectivity index (χ3n) is 2.96. The average molecular weight is 345 g/mol. The molecule has 1 aromatic carbocycles. The van der Waals surface area contributed by atoms with Crippen molar-refractivity contribution in [2.45, 2.75) is 23.7 Å². The Morgan fingerprint density at radius 3 is 2.62 bits per heavy atom. The van der Waals surface area contributed by atoms with Gasteiger partial charge in [0.05, 0.1) is 0 Å². The maximum atomic E-state index is 12.4. The fraction of sp³-hybridized carbons (Fsp3) is 0.286. The number of sulfonamides is 1. The van der Waals surface area contributed by atoms with Crippen LogP contribution in [0.1, 0.15) is 23.4 Å². The van der Waals surface area contributed by atoms with Crippen molar-refractivity contribution in [2.75, 3.05) is 7.05 Å². The van der Waals surface area contributed by atoms with Crippen LogP contribution < -0.4 is 10.0 Å². The van der Waals surface area contributed by atoms with Crippen LogP contribution in [0.15, 0.2) is 40.6 Å². The van der Waals surface area contributed by atoms with Gasteiger partial charge in [-0.1, -0.05) is 29.8 Å². The first-order valence-electron chi connectivity index (χ1n) is 6.44. The van der Waals surface area contributed by atoms with Gasteiger partial charge in [-0.3, -0.25) is 0 Å². The number of nitrogens with one attached hydrogen (secondary N) is 2. The van der Waals surface area contributed by atoms with Crippen LogP contribution in [0.5, 0.6) is 0 Å². The Hall–Kier alpha value is -0.920. The molecule has 0 aliphatic carbocycles. The number of thiophene rings is 1. The molecule has 0 aliphatic heterocycles. The third kappa shape index (κ3) is 4.05. The van der Waals surface area contributed by atoms with Crippen LogP contribution >= 0.6 is 22.9 Å². The van der Waals surface area contributed by atoms with E-state index in [-0.39, 0.29) is 0 Å². The van der Waals surface area contributed by atoms with Crippen molar-refractivity contribution < 1.29 is 8.42 Å². The van der Waals surface area contributed by atoms with Gasteiger partial charge in [-0.2, -0.15) is 0 Å². The average Bonchev–Trinajstić information content (AvgIpc) is 2.88. The number of halogens is 1. The second kappa shape index (κ2) is 6.89. The van der Waals surface area contributed by atoms with E-state index in [1.54, 1.807) is 19.1 Å². The van der Waals surface area contributed by atoms with Gasteiger partial charge in [0.15, 0.2) is 0 Å². The lowest BCUT2D eigenvalue weighted by atomic mass is 10.1. The second-order valence-corrected chi connectivity index (χ2v) is 8.13. The number of benzene rings is 1. The summed E-state index contributed by atoms with van der Waals surface area (Å²) in [6, 6.07) is 10.3. The quantitative estimate of drug-likeness (QED) is 0.846. The molecule has 0 radical (unpaired) electrons. The Labute approximate surface area is 134 Å². The summed E-state index contributed by atoms with van der Waals surface area (Å²) in [6.07, 6.45) is 0. The van der Waals surface area contributed by atoms with Crippen molar-refractivity contribution in [3.05, 3.63) is 51.9 Å². The molecule has 0 bridgehead atoms. The van der Waals surface area contributed by atoms with E-state index in [0.717, 1.165) is 10.4 Å². The Bertz CT molecular complexity index is 713. The molecule has 0 aliphatic rings. The standard InChI is InChI=1S/C14H17ClN2O2S2/c1-10(12-5-3-4-6-13(12)15)17-21(18,19)14-8-7-11(20-14)9-16-2/h3-8,10,16-17H,9H2,1-2H3. The predicted octanol–water partition coefficient (Wildman–Crippen LogP) is 3.16. The summed E-state index contributed by atoms with van der Waals surface area (Å²) >= 11 is 7.36. The topological polar surface area (TPSA) is 58.2 Å². The molecule has 0 amide bonds. The van der Waals surface area contributed by atoms with Gasteiger partial charge in [0.25, 0.3) is 10.0 Å². The second-order valence-electron chi connectivity index (χ2n) is 4.62. The normalized spacial score (nSPS) is 13.3. The molecule has 7 heteroatoms. The van der Waals surface area contributed by atoms with Gasteiger partial charge >= 0.3 is 0 Å². The molecule has 21 heavy (non-hydrogen) atoms. The summed E-state index contributed by atoms with van der Waals surface area (Å²) in [5, 5.41) is 3.55. The molecule has 1 aromatic heterocycles. The van der Waals surface area contributed by atoms with Crippen LogP contribution in [-0.2, 0) is 16.6 Å². The lowest BCUT2D eigenvalue weighted by Gasteiger charge is -2.15. The predicted molar refractivity (Wildman–Crippen MR) is 87.3 cm³/mol.